The zero-order valence-electron chi connectivity index (χ0n) is 10.9. The van der Waals surface area contributed by atoms with Crippen LogP contribution in [0.25, 0.3) is 0 Å². The third-order valence-electron chi connectivity index (χ3n) is 2.74. The van der Waals surface area contributed by atoms with Crippen LogP contribution in [0.15, 0.2) is 30.3 Å². The second-order valence-corrected chi connectivity index (χ2v) is 4.30. The Hall–Kier alpha value is -2.21. The summed E-state index contributed by atoms with van der Waals surface area (Å²) in [6, 6.07) is 8.32. The van der Waals surface area contributed by atoms with Gasteiger partial charge in [0.15, 0.2) is 12.2 Å². The largest absolute Gasteiger partial charge is 0.452 e. The predicted octanol–water partition coefficient (Wildman–Crippen LogP) is 0.743. The molecule has 2 atom stereocenters. The Balaban J connectivity index is 2.00. The molecule has 0 N–H and O–H groups in total. The lowest BCUT2D eigenvalue weighted by molar-refractivity contribution is -0.169. The molecule has 0 spiro atoms. The summed E-state index contributed by atoms with van der Waals surface area (Å²) in [4.78, 5) is 34.7. The maximum Gasteiger partial charge on any atom is 0.338 e. The van der Waals surface area contributed by atoms with Crippen LogP contribution in [0.2, 0.25) is 0 Å². The Morgan fingerprint density at radius 1 is 1.10 bits per heavy atom. The average molecular weight is 278 g/mol. The molecule has 0 aromatic heterocycles. The van der Waals surface area contributed by atoms with E-state index in [9.17, 15) is 14.4 Å². The molecule has 1 aromatic carbocycles. The minimum atomic E-state index is -1.05. The third kappa shape index (κ3) is 3.42. The number of carbonyl (C=O) groups is 3. The molecule has 106 valence electrons. The maximum atomic E-state index is 12.0. The van der Waals surface area contributed by atoms with Crippen LogP contribution >= 0.6 is 0 Å². The van der Waals surface area contributed by atoms with Gasteiger partial charge >= 0.3 is 11.9 Å². The number of benzene rings is 1. The first-order valence-corrected chi connectivity index (χ1v) is 6.12. The zero-order valence-corrected chi connectivity index (χ0v) is 10.9. The van der Waals surface area contributed by atoms with Gasteiger partial charge in [-0.2, -0.15) is 0 Å². The monoisotopic (exact) mass is 278 g/mol. The van der Waals surface area contributed by atoms with Gasteiger partial charge in [0.2, 0.25) is 5.78 Å². The normalized spacial score (nSPS) is 22.1. The summed E-state index contributed by atoms with van der Waals surface area (Å²) in [6.45, 7) is 1.15. The van der Waals surface area contributed by atoms with Crippen LogP contribution in [0.4, 0.5) is 0 Å². The molecule has 0 unspecified atom stereocenters. The molecule has 1 aliphatic rings. The molecular weight excluding hydrogens is 264 g/mol. The molecule has 1 aliphatic heterocycles. The molecule has 0 bridgehead atoms. The van der Waals surface area contributed by atoms with E-state index in [0.29, 0.717) is 5.56 Å². The highest BCUT2D eigenvalue weighted by Gasteiger charge is 2.36. The van der Waals surface area contributed by atoms with Gasteiger partial charge in [0.1, 0.15) is 0 Å². The molecular formula is C14H14O6. The van der Waals surface area contributed by atoms with Gasteiger partial charge in [0.25, 0.3) is 0 Å². The van der Waals surface area contributed by atoms with Crippen LogP contribution in [0.5, 0.6) is 0 Å². The van der Waals surface area contributed by atoms with Crippen LogP contribution in [-0.4, -0.2) is 43.1 Å². The van der Waals surface area contributed by atoms with E-state index in [2.05, 4.69) is 0 Å². The summed E-state index contributed by atoms with van der Waals surface area (Å²) in [5.74, 6) is -1.66. The molecule has 0 radical (unpaired) electrons. The van der Waals surface area contributed by atoms with Gasteiger partial charge in [0, 0.05) is 6.92 Å². The number of Topliss-reactive ketones (excluding diaryl/α,β-unsaturated/α-hetero) is 1. The van der Waals surface area contributed by atoms with Crippen molar-refractivity contribution in [1.29, 1.82) is 0 Å². The number of hydrogen-bond acceptors (Lipinski definition) is 6. The van der Waals surface area contributed by atoms with Gasteiger partial charge in [-0.05, 0) is 12.1 Å². The first-order chi connectivity index (χ1) is 9.58. The van der Waals surface area contributed by atoms with E-state index in [0.717, 1.165) is 0 Å². The number of ether oxygens (including phenoxy) is 3. The van der Waals surface area contributed by atoms with Gasteiger partial charge in [-0.15, -0.1) is 0 Å². The lowest BCUT2D eigenvalue weighted by atomic mass is 10.1. The summed E-state index contributed by atoms with van der Waals surface area (Å²) < 4.78 is 15.0. The van der Waals surface area contributed by atoms with Gasteiger partial charge in [-0.1, -0.05) is 18.2 Å². The van der Waals surface area contributed by atoms with Gasteiger partial charge in [-0.3, -0.25) is 9.59 Å². The van der Waals surface area contributed by atoms with Gasteiger partial charge in [0.05, 0.1) is 18.8 Å². The van der Waals surface area contributed by atoms with Crippen molar-refractivity contribution in [2.24, 2.45) is 0 Å². The summed E-state index contributed by atoms with van der Waals surface area (Å²) >= 11 is 0. The van der Waals surface area contributed by atoms with E-state index in [1.807, 2.05) is 0 Å². The molecule has 0 saturated carbocycles. The molecule has 0 aliphatic carbocycles. The Morgan fingerprint density at radius 3 is 2.30 bits per heavy atom. The smallest absolute Gasteiger partial charge is 0.338 e. The van der Waals surface area contributed by atoms with E-state index in [1.165, 1.54) is 6.92 Å². The fourth-order valence-corrected chi connectivity index (χ4v) is 1.81. The minimum Gasteiger partial charge on any atom is -0.452 e. The molecule has 1 heterocycles. The Bertz CT molecular complexity index is 510. The summed E-state index contributed by atoms with van der Waals surface area (Å²) in [5.41, 5.74) is 0.343. The molecule has 6 nitrogen and oxygen atoms in total. The van der Waals surface area contributed by atoms with Crippen molar-refractivity contribution in [2.45, 2.75) is 19.1 Å². The van der Waals surface area contributed by atoms with Crippen LogP contribution in [0, 0.1) is 0 Å². The van der Waals surface area contributed by atoms with Crippen molar-refractivity contribution >= 4 is 17.7 Å². The summed E-state index contributed by atoms with van der Waals surface area (Å²) in [7, 11) is 0. The Labute approximate surface area is 115 Å². The van der Waals surface area contributed by atoms with E-state index in [1.54, 1.807) is 30.3 Å². The van der Waals surface area contributed by atoms with Crippen LogP contribution in [0.1, 0.15) is 17.3 Å². The Morgan fingerprint density at radius 2 is 1.70 bits per heavy atom. The zero-order chi connectivity index (χ0) is 14.5. The fraction of sp³-hybridized carbons (Fsp3) is 0.357. The van der Waals surface area contributed by atoms with Crippen LogP contribution in [0.3, 0.4) is 0 Å². The highest BCUT2D eigenvalue weighted by molar-refractivity contribution is 5.95. The molecule has 20 heavy (non-hydrogen) atoms. The van der Waals surface area contributed by atoms with Crippen molar-refractivity contribution < 1.29 is 28.6 Å². The first-order valence-electron chi connectivity index (χ1n) is 6.12. The number of hydrogen-bond donors (Lipinski definition) is 0. The molecule has 1 aromatic rings. The predicted molar refractivity (Wildman–Crippen MR) is 67.0 cm³/mol. The van der Waals surface area contributed by atoms with Crippen molar-refractivity contribution in [3.63, 3.8) is 0 Å². The quantitative estimate of drug-likeness (QED) is 0.759. The second kappa shape index (κ2) is 6.29. The van der Waals surface area contributed by atoms with Crippen molar-refractivity contribution in [3.05, 3.63) is 35.9 Å². The van der Waals surface area contributed by atoms with Crippen molar-refractivity contribution in [1.82, 2.24) is 0 Å². The number of rotatable bonds is 3. The lowest BCUT2D eigenvalue weighted by Gasteiger charge is -2.27. The SMILES string of the molecule is CC(=O)O[C@H]1COC[C@H](OC(=O)c2ccccc2)C1=O. The summed E-state index contributed by atoms with van der Waals surface area (Å²) in [6.07, 6.45) is -2.07. The third-order valence-corrected chi connectivity index (χ3v) is 2.74. The van der Waals surface area contributed by atoms with Crippen LogP contribution < -0.4 is 0 Å². The number of carbonyl (C=O) groups excluding carboxylic acids is 3. The molecule has 1 saturated heterocycles. The van der Waals surface area contributed by atoms with Gasteiger partial charge < -0.3 is 14.2 Å². The molecule has 0 amide bonds. The van der Waals surface area contributed by atoms with Gasteiger partial charge in [-0.25, -0.2) is 4.79 Å². The average Bonchev–Trinajstić information content (AvgIpc) is 2.43. The van der Waals surface area contributed by atoms with E-state index in [4.69, 9.17) is 14.2 Å². The topological polar surface area (TPSA) is 78.9 Å². The van der Waals surface area contributed by atoms with E-state index in [-0.39, 0.29) is 13.2 Å². The highest BCUT2D eigenvalue weighted by Crippen LogP contribution is 2.13. The number of esters is 2. The highest BCUT2D eigenvalue weighted by atomic mass is 16.6. The van der Waals surface area contributed by atoms with Crippen LogP contribution in [-0.2, 0) is 23.8 Å². The fourth-order valence-electron chi connectivity index (χ4n) is 1.81. The maximum absolute atomic E-state index is 12.0. The second-order valence-electron chi connectivity index (χ2n) is 4.30. The molecule has 1 fully saturated rings. The molecule has 2 rings (SSSR count). The Kier molecular flexibility index (Phi) is 4.47. The van der Waals surface area contributed by atoms with E-state index < -0.39 is 29.9 Å². The van der Waals surface area contributed by atoms with Crippen molar-refractivity contribution in [3.8, 4) is 0 Å². The van der Waals surface area contributed by atoms with E-state index >= 15 is 0 Å². The first kappa shape index (κ1) is 14.2. The number of ketones is 1. The standard InChI is InChI=1S/C14H14O6/c1-9(15)19-11-7-18-8-12(13(11)16)20-14(17)10-5-3-2-4-6-10/h2-6,11-12H,7-8H2,1H3/t11-,12-/m0/s1. The summed E-state index contributed by atoms with van der Waals surface area (Å²) in [5, 5.41) is 0. The minimum absolute atomic E-state index is 0.0161. The lowest BCUT2D eigenvalue weighted by Crippen LogP contribution is -2.47. The van der Waals surface area contributed by atoms with Crippen molar-refractivity contribution in [2.75, 3.05) is 13.2 Å². The molecule has 6 heteroatoms.